The van der Waals surface area contributed by atoms with Gasteiger partial charge in [-0.15, -0.1) is 0 Å². The van der Waals surface area contributed by atoms with Crippen LogP contribution in [0.4, 0.5) is 0 Å². The Labute approximate surface area is 122 Å². The lowest BCUT2D eigenvalue weighted by molar-refractivity contribution is -0.121. The summed E-state index contributed by atoms with van der Waals surface area (Å²) in [7, 11) is 0. The van der Waals surface area contributed by atoms with Gasteiger partial charge in [-0.3, -0.25) is 4.79 Å². The number of amides is 1. The van der Waals surface area contributed by atoms with Crippen LogP contribution in [0.25, 0.3) is 10.9 Å². The highest BCUT2D eigenvalue weighted by Crippen LogP contribution is 2.19. The smallest absolute Gasteiger partial charge is 0.222 e. The van der Waals surface area contributed by atoms with Crippen molar-refractivity contribution in [2.75, 3.05) is 0 Å². The maximum atomic E-state index is 11.7. The van der Waals surface area contributed by atoms with Gasteiger partial charge >= 0.3 is 0 Å². The van der Waals surface area contributed by atoms with Gasteiger partial charge < -0.3 is 9.88 Å². The molecule has 1 amide bonds. The maximum absolute atomic E-state index is 11.7. The molecule has 1 heterocycles. The summed E-state index contributed by atoms with van der Waals surface area (Å²) in [4.78, 5) is 11.7. The lowest BCUT2D eigenvalue weighted by Crippen LogP contribution is -2.26. The van der Waals surface area contributed by atoms with Gasteiger partial charge in [0.25, 0.3) is 0 Å². The molecule has 20 heavy (non-hydrogen) atoms. The van der Waals surface area contributed by atoms with Gasteiger partial charge in [-0.25, -0.2) is 0 Å². The number of fused-ring (bicyclic) bond motifs is 1. The first-order valence-corrected chi connectivity index (χ1v) is 7.57. The predicted octanol–water partition coefficient (Wildman–Crippen LogP) is 3.89. The summed E-state index contributed by atoms with van der Waals surface area (Å²) in [5.41, 5.74) is 2.48. The average Bonchev–Trinajstić information content (AvgIpc) is 3.17. The second-order valence-electron chi connectivity index (χ2n) is 5.16. The Morgan fingerprint density at radius 3 is 2.80 bits per heavy atom. The van der Waals surface area contributed by atoms with Crippen LogP contribution in [-0.4, -0.2) is 16.5 Å². The second-order valence-corrected chi connectivity index (χ2v) is 5.16. The van der Waals surface area contributed by atoms with Crippen LogP contribution in [0.1, 0.15) is 40.1 Å². The molecule has 0 bridgehead atoms. The first kappa shape index (κ1) is 14.6. The van der Waals surface area contributed by atoms with Crippen molar-refractivity contribution in [3.63, 3.8) is 0 Å². The molecule has 1 aliphatic rings. The maximum Gasteiger partial charge on any atom is 0.222 e. The topological polar surface area (TPSA) is 34.0 Å². The van der Waals surface area contributed by atoms with Crippen LogP contribution in [0.2, 0.25) is 0 Å². The summed E-state index contributed by atoms with van der Waals surface area (Å²) in [6.45, 7) is 6.85. The van der Waals surface area contributed by atoms with Gasteiger partial charge in [-0.05, 0) is 43.4 Å². The summed E-state index contributed by atoms with van der Waals surface area (Å²) in [5, 5.41) is 4.27. The van der Waals surface area contributed by atoms with E-state index in [1.54, 1.807) is 0 Å². The van der Waals surface area contributed by atoms with Crippen molar-refractivity contribution in [3.8, 4) is 0 Å². The lowest BCUT2D eigenvalue weighted by atomic mass is 10.2. The fourth-order valence-electron chi connectivity index (χ4n) is 2.26. The fourth-order valence-corrected chi connectivity index (χ4v) is 2.26. The molecule has 0 aliphatic heterocycles. The van der Waals surface area contributed by atoms with Gasteiger partial charge in [0.05, 0.1) is 0 Å². The molecule has 110 valence electrons. The molecule has 3 rings (SSSR count). The first-order chi connectivity index (χ1) is 9.72. The highest BCUT2D eigenvalue weighted by atomic mass is 16.1. The summed E-state index contributed by atoms with van der Waals surface area (Å²) < 4.78 is 2.15. The minimum atomic E-state index is 0. The quantitative estimate of drug-likeness (QED) is 0.901. The van der Waals surface area contributed by atoms with Gasteiger partial charge in [-0.2, -0.15) is 0 Å². The van der Waals surface area contributed by atoms with E-state index in [1.165, 1.54) is 16.5 Å². The molecule has 3 heteroatoms. The standard InChI is InChI=1S/C15H18N2O.C2H6.H2/c1-11-2-5-14-12(10-11)6-8-17(14)9-7-15(18)16-13-3-4-13;1-2;/h2,5-6,8,10,13H,3-4,7,9H2,1H3,(H,16,18);1-2H3;1H. The molecular formula is C17H26N2O. The molecule has 0 spiro atoms. The largest absolute Gasteiger partial charge is 0.353 e. The Balaban J connectivity index is 0.000000706. The van der Waals surface area contributed by atoms with Gasteiger partial charge in [0, 0.05) is 32.1 Å². The van der Waals surface area contributed by atoms with E-state index in [2.05, 4.69) is 47.3 Å². The zero-order chi connectivity index (χ0) is 14.5. The number of carbonyl (C=O) groups is 1. The van der Waals surface area contributed by atoms with Crippen molar-refractivity contribution in [3.05, 3.63) is 36.0 Å². The Morgan fingerprint density at radius 2 is 2.10 bits per heavy atom. The number of hydrogen-bond acceptors (Lipinski definition) is 1. The number of carbonyl (C=O) groups excluding carboxylic acids is 1. The van der Waals surface area contributed by atoms with Crippen LogP contribution in [0.5, 0.6) is 0 Å². The van der Waals surface area contributed by atoms with Gasteiger partial charge in [0.2, 0.25) is 5.91 Å². The molecule has 1 fully saturated rings. The number of rotatable bonds is 4. The molecular weight excluding hydrogens is 248 g/mol. The summed E-state index contributed by atoms with van der Waals surface area (Å²) in [5.74, 6) is 0.173. The summed E-state index contributed by atoms with van der Waals surface area (Å²) >= 11 is 0. The van der Waals surface area contributed by atoms with Crippen LogP contribution >= 0.6 is 0 Å². The van der Waals surface area contributed by atoms with Crippen LogP contribution in [0, 0.1) is 6.92 Å². The Bertz CT molecular complexity index is 587. The molecule has 2 aromatic rings. The van der Waals surface area contributed by atoms with Crippen molar-refractivity contribution in [2.45, 2.75) is 52.6 Å². The Kier molecular flexibility index (Phi) is 4.83. The third kappa shape index (κ3) is 3.62. The molecule has 3 nitrogen and oxygen atoms in total. The van der Waals surface area contributed by atoms with Gasteiger partial charge in [0.15, 0.2) is 0 Å². The molecule has 1 aromatic heterocycles. The van der Waals surface area contributed by atoms with Crippen molar-refractivity contribution < 1.29 is 6.22 Å². The van der Waals surface area contributed by atoms with E-state index in [1.807, 2.05) is 13.8 Å². The fraction of sp³-hybridized carbons (Fsp3) is 0.471. The summed E-state index contributed by atoms with van der Waals surface area (Å²) in [6, 6.07) is 8.99. The molecule has 1 N–H and O–H groups in total. The van der Waals surface area contributed by atoms with Gasteiger partial charge in [-0.1, -0.05) is 25.5 Å². The molecule has 0 atom stereocenters. The van der Waals surface area contributed by atoms with Gasteiger partial charge in [0.1, 0.15) is 0 Å². The monoisotopic (exact) mass is 274 g/mol. The van der Waals surface area contributed by atoms with Crippen LogP contribution in [-0.2, 0) is 11.3 Å². The average molecular weight is 274 g/mol. The van der Waals surface area contributed by atoms with Crippen LogP contribution in [0.15, 0.2) is 30.5 Å². The van der Waals surface area contributed by atoms with E-state index in [9.17, 15) is 4.79 Å². The number of hydrogen-bond donors (Lipinski definition) is 1. The minimum Gasteiger partial charge on any atom is -0.353 e. The Hall–Kier alpha value is -1.77. The molecule has 0 saturated heterocycles. The number of aryl methyl sites for hydroxylation is 2. The van der Waals surface area contributed by atoms with Crippen molar-refractivity contribution in [1.82, 2.24) is 9.88 Å². The SMILES string of the molecule is CC.Cc1ccc2c(ccn2CCC(=O)NC2CC2)c1.[HH]. The van der Waals surface area contributed by atoms with Crippen molar-refractivity contribution in [1.29, 1.82) is 0 Å². The Morgan fingerprint density at radius 1 is 1.35 bits per heavy atom. The molecule has 1 aliphatic carbocycles. The normalized spacial score (nSPS) is 13.8. The highest BCUT2D eigenvalue weighted by molar-refractivity contribution is 5.81. The van der Waals surface area contributed by atoms with Crippen LogP contribution in [0.3, 0.4) is 0 Å². The predicted molar refractivity (Wildman–Crippen MR) is 85.9 cm³/mol. The molecule has 1 saturated carbocycles. The van der Waals surface area contributed by atoms with Crippen molar-refractivity contribution >= 4 is 16.8 Å². The summed E-state index contributed by atoms with van der Waals surface area (Å²) in [6.07, 6.45) is 4.93. The third-order valence-corrected chi connectivity index (χ3v) is 3.45. The molecule has 0 radical (unpaired) electrons. The molecule has 1 aromatic carbocycles. The van der Waals surface area contributed by atoms with E-state index in [0.29, 0.717) is 12.5 Å². The van der Waals surface area contributed by atoms with Crippen LogP contribution < -0.4 is 5.32 Å². The van der Waals surface area contributed by atoms with Crippen molar-refractivity contribution in [2.24, 2.45) is 0 Å². The first-order valence-electron chi connectivity index (χ1n) is 7.57. The number of aromatic nitrogens is 1. The van der Waals surface area contributed by atoms with E-state index in [-0.39, 0.29) is 7.33 Å². The lowest BCUT2D eigenvalue weighted by Gasteiger charge is -2.06. The number of nitrogens with one attached hydrogen (secondary N) is 1. The number of benzene rings is 1. The minimum absolute atomic E-state index is 0. The zero-order valence-electron chi connectivity index (χ0n) is 12.6. The molecule has 0 unspecified atom stereocenters. The van der Waals surface area contributed by atoms with E-state index in [0.717, 1.165) is 19.4 Å². The highest BCUT2D eigenvalue weighted by Gasteiger charge is 2.22. The van der Waals surface area contributed by atoms with E-state index in [4.69, 9.17) is 0 Å². The zero-order valence-corrected chi connectivity index (χ0v) is 12.6. The third-order valence-electron chi connectivity index (χ3n) is 3.45. The van der Waals surface area contributed by atoms with E-state index < -0.39 is 0 Å². The number of nitrogens with zero attached hydrogens (tertiary/aromatic N) is 1. The second kappa shape index (κ2) is 6.60. The van der Waals surface area contributed by atoms with E-state index >= 15 is 0 Å².